The van der Waals surface area contributed by atoms with E-state index in [0.717, 1.165) is 49.1 Å². The average molecular weight is 360 g/mol. The third-order valence-electron chi connectivity index (χ3n) is 4.12. The molecule has 0 atom stereocenters. The largest absolute Gasteiger partial charge is 0.362 e. The first-order valence-electron chi connectivity index (χ1n) is 8.13. The first-order valence-corrected chi connectivity index (χ1v) is 9.42. The van der Waals surface area contributed by atoms with E-state index in [0.29, 0.717) is 0 Å². The van der Waals surface area contributed by atoms with E-state index in [1.54, 1.807) is 0 Å². The molecule has 1 aliphatic heterocycles. The van der Waals surface area contributed by atoms with Crippen molar-refractivity contribution < 1.29 is 4.79 Å². The summed E-state index contributed by atoms with van der Waals surface area (Å²) in [7, 11) is 0. The Labute approximate surface area is 152 Å². The maximum atomic E-state index is 12.3. The molecule has 1 fully saturated rings. The molecule has 6 heteroatoms. The minimum absolute atomic E-state index is 0.132. The minimum atomic E-state index is 0.132. The summed E-state index contributed by atoms with van der Waals surface area (Å²) in [6.45, 7) is 3.84. The smallest absolute Gasteiger partial charge is 0.264 e. The number of hydrogen-bond acceptors (Lipinski definition) is 3. The number of piperazine rings is 1. The van der Waals surface area contributed by atoms with Crippen molar-refractivity contribution in [2.75, 3.05) is 32.7 Å². The lowest BCUT2D eigenvalue weighted by molar-refractivity contribution is 0.0696. The summed E-state index contributed by atoms with van der Waals surface area (Å²) < 4.78 is 0. The molecule has 1 N–H and O–H groups in total. The molecule has 1 aromatic carbocycles. The molecule has 1 amide bonds. The normalized spacial score (nSPS) is 14.5. The molecule has 2 heterocycles. The minimum Gasteiger partial charge on any atom is -0.362 e. The second-order valence-corrected chi connectivity index (χ2v) is 7.06. The fourth-order valence-corrected chi connectivity index (χ4v) is 3.71. The van der Waals surface area contributed by atoms with Crippen LogP contribution >= 0.6 is 23.6 Å². The van der Waals surface area contributed by atoms with Crippen LogP contribution in [-0.4, -0.2) is 53.5 Å². The molecule has 0 unspecified atom stereocenters. The zero-order valence-electron chi connectivity index (χ0n) is 13.5. The van der Waals surface area contributed by atoms with E-state index < -0.39 is 0 Å². The third kappa shape index (κ3) is 4.33. The van der Waals surface area contributed by atoms with E-state index in [1.807, 2.05) is 28.5 Å². The summed E-state index contributed by atoms with van der Waals surface area (Å²) in [6, 6.07) is 14.2. The SMILES string of the molecule is O=C(c1cccs1)N1CCN(C(=S)NCCc2ccccc2)CC1. The van der Waals surface area contributed by atoms with Crippen LogP contribution in [0, 0.1) is 0 Å². The Bertz CT molecular complexity index is 665. The number of carbonyl (C=O) groups is 1. The molecule has 126 valence electrons. The van der Waals surface area contributed by atoms with Crippen LogP contribution in [-0.2, 0) is 6.42 Å². The topological polar surface area (TPSA) is 35.6 Å². The summed E-state index contributed by atoms with van der Waals surface area (Å²) in [4.78, 5) is 17.2. The van der Waals surface area contributed by atoms with Crippen molar-refractivity contribution in [3.8, 4) is 0 Å². The number of nitrogens with one attached hydrogen (secondary N) is 1. The first-order chi connectivity index (χ1) is 11.7. The van der Waals surface area contributed by atoms with Gasteiger partial charge in [0.05, 0.1) is 4.88 Å². The van der Waals surface area contributed by atoms with Crippen LogP contribution in [0.1, 0.15) is 15.2 Å². The van der Waals surface area contributed by atoms with Crippen LogP contribution in [0.3, 0.4) is 0 Å². The molecule has 4 nitrogen and oxygen atoms in total. The summed E-state index contributed by atoms with van der Waals surface area (Å²) in [6.07, 6.45) is 0.956. The Morgan fingerprint density at radius 3 is 2.42 bits per heavy atom. The van der Waals surface area contributed by atoms with E-state index >= 15 is 0 Å². The van der Waals surface area contributed by atoms with Crippen LogP contribution in [0.25, 0.3) is 0 Å². The molecular weight excluding hydrogens is 338 g/mol. The van der Waals surface area contributed by atoms with Crippen LogP contribution in [0.15, 0.2) is 47.8 Å². The molecule has 0 bridgehead atoms. The van der Waals surface area contributed by atoms with Gasteiger partial charge in [-0.15, -0.1) is 11.3 Å². The fourth-order valence-electron chi connectivity index (χ4n) is 2.74. The zero-order valence-corrected chi connectivity index (χ0v) is 15.1. The molecule has 1 aromatic heterocycles. The first kappa shape index (κ1) is 16.9. The second kappa shape index (κ2) is 8.26. The number of rotatable bonds is 4. The van der Waals surface area contributed by atoms with Gasteiger partial charge >= 0.3 is 0 Å². The summed E-state index contributed by atoms with van der Waals surface area (Å²) in [5.41, 5.74) is 1.30. The molecule has 2 aromatic rings. The van der Waals surface area contributed by atoms with Gasteiger partial charge in [0, 0.05) is 32.7 Å². The lowest BCUT2D eigenvalue weighted by atomic mass is 10.1. The Morgan fingerprint density at radius 2 is 1.75 bits per heavy atom. The third-order valence-corrected chi connectivity index (χ3v) is 5.38. The Morgan fingerprint density at radius 1 is 1.04 bits per heavy atom. The van der Waals surface area contributed by atoms with Crippen LogP contribution in [0.2, 0.25) is 0 Å². The molecular formula is C18H21N3OS2. The van der Waals surface area contributed by atoms with Crippen molar-refractivity contribution in [2.24, 2.45) is 0 Å². The van der Waals surface area contributed by atoms with E-state index in [2.05, 4.69) is 34.5 Å². The van der Waals surface area contributed by atoms with Gasteiger partial charge in [-0.3, -0.25) is 4.79 Å². The molecule has 3 rings (SSSR count). The maximum Gasteiger partial charge on any atom is 0.264 e. The predicted octanol–water partition coefficient (Wildman–Crippen LogP) is 2.62. The maximum absolute atomic E-state index is 12.3. The predicted molar refractivity (Wildman–Crippen MR) is 103 cm³/mol. The zero-order chi connectivity index (χ0) is 16.8. The number of carbonyl (C=O) groups excluding carboxylic acids is 1. The van der Waals surface area contributed by atoms with Gasteiger partial charge in [0.25, 0.3) is 5.91 Å². The highest BCUT2D eigenvalue weighted by Crippen LogP contribution is 2.14. The van der Waals surface area contributed by atoms with E-state index in [-0.39, 0.29) is 5.91 Å². The van der Waals surface area contributed by atoms with Gasteiger partial charge in [0.1, 0.15) is 0 Å². The quantitative estimate of drug-likeness (QED) is 0.852. The average Bonchev–Trinajstić information content (AvgIpc) is 3.17. The van der Waals surface area contributed by atoms with Gasteiger partial charge in [-0.2, -0.15) is 0 Å². The Hall–Kier alpha value is -1.92. The molecule has 1 saturated heterocycles. The fraction of sp³-hybridized carbons (Fsp3) is 0.333. The van der Waals surface area contributed by atoms with E-state index in [9.17, 15) is 4.79 Å². The Balaban J connectivity index is 1.41. The van der Waals surface area contributed by atoms with Gasteiger partial charge in [-0.05, 0) is 35.6 Å². The van der Waals surface area contributed by atoms with Crippen LogP contribution < -0.4 is 5.32 Å². The van der Waals surface area contributed by atoms with E-state index in [4.69, 9.17) is 12.2 Å². The monoisotopic (exact) mass is 359 g/mol. The summed E-state index contributed by atoms with van der Waals surface area (Å²) >= 11 is 6.98. The van der Waals surface area contributed by atoms with Gasteiger partial charge in [-0.25, -0.2) is 0 Å². The van der Waals surface area contributed by atoms with Gasteiger partial charge in [0.2, 0.25) is 0 Å². The van der Waals surface area contributed by atoms with Crippen molar-refractivity contribution >= 4 is 34.6 Å². The molecule has 0 spiro atoms. The molecule has 0 aliphatic carbocycles. The van der Waals surface area contributed by atoms with E-state index in [1.165, 1.54) is 16.9 Å². The highest BCUT2D eigenvalue weighted by atomic mass is 32.1. The second-order valence-electron chi connectivity index (χ2n) is 5.72. The van der Waals surface area contributed by atoms with Crippen molar-refractivity contribution in [3.05, 3.63) is 58.3 Å². The van der Waals surface area contributed by atoms with Gasteiger partial charge in [-0.1, -0.05) is 36.4 Å². The number of amides is 1. The van der Waals surface area contributed by atoms with Crippen LogP contribution in [0.5, 0.6) is 0 Å². The highest BCUT2D eigenvalue weighted by Gasteiger charge is 2.23. The van der Waals surface area contributed by atoms with Crippen molar-refractivity contribution in [1.29, 1.82) is 0 Å². The molecule has 1 aliphatic rings. The number of thiophene rings is 1. The number of nitrogens with zero attached hydrogens (tertiary/aromatic N) is 2. The van der Waals surface area contributed by atoms with Gasteiger partial charge in [0.15, 0.2) is 5.11 Å². The molecule has 0 saturated carbocycles. The lowest BCUT2D eigenvalue weighted by Gasteiger charge is -2.36. The van der Waals surface area contributed by atoms with Crippen molar-refractivity contribution in [2.45, 2.75) is 6.42 Å². The summed E-state index contributed by atoms with van der Waals surface area (Å²) in [5, 5.41) is 6.05. The van der Waals surface area contributed by atoms with Crippen molar-refractivity contribution in [1.82, 2.24) is 15.1 Å². The highest BCUT2D eigenvalue weighted by molar-refractivity contribution is 7.80. The molecule has 0 radical (unpaired) electrons. The van der Waals surface area contributed by atoms with Crippen molar-refractivity contribution in [3.63, 3.8) is 0 Å². The number of hydrogen-bond donors (Lipinski definition) is 1. The Kier molecular flexibility index (Phi) is 5.82. The number of benzene rings is 1. The van der Waals surface area contributed by atoms with Gasteiger partial charge < -0.3 is 15.1 Å². The summed E-state index contributed by atoms with van der Waals surface area (Å²) in [5.74, 6) is 0.132. The molecule has 24 heavy (non-hydrogen) atoms. The lowest BCUT2D eigenvalue weighted by Crippen LogP contribution is -2.53. The van der Waals surface area contributed by atoms with Crippen LogP contribution in [0.4, 0.5) is 0 Å². The number of thiocarbonyl (C=S) groups is 1. The standard InChI is InChI=1S/C18H21N3OS2/c22-17(16-7-4-14-24-16)20-10-12-21(13-11-20)18(23)19-9-8-15-5-2-1-3-6-15/h1-7,14H,8-13H2,(H,19,23).